The molecule has 7 nitrogen and oxygen atoms in total. The Labute approximate surface area is 111 Å². The maximum Gasteiger partial charge on any atom is 0.296 e. The number of benzene rings is 1. The van der Waals surface area contributed by atoms with Crippen LogP contribution in [0.5, 0.6) is 0 Å². The van der Waals surface area contributed by atoms with Gasteiger partial charge < -0.3 is 9.88 Å². The number of hydrogen-bond donors (Lipinski definition) is 3. The summed E-state index contributed by atoms with van der Waals surface area (Å²) in [5.74, 6) is 0.879. The Morgan fingerprint density at radius 1 is 1.37 bits per heavy atom. The summed E-state index contributed by atoms with van der Waals surface area (Å²) in [5.41, 5.74) is 1.18. The first-order valence-corrected chi connectivity index (χ1v) is 7.09. The number of aromatic nitrogens is 2. The second-order valence-corrected chi connectivity index (χ2v) is 5.33. The van der Waals surface area contributed by atoms with E-state index in [2.05, 4.69) is 15.0 Å². The molecule has 2 rings (SSSR count). The van der Waals surface area contributed by atoms with Crippen molar-refractivity contribution >= 4 is 21.6 Å². The van der Waals surface area contributed by atoms with E-state index in [0.29, 0.717) is 12.2 Å². The first-order valence-electron chi connectivity index (χ1n) is 5.55. The van der Waals surface area contributed by atoms with Crippen LogP contribution in [0.15, 0.2) is 36.7 Å². The molecule has 1 aromatic carbocycles. The normalized spacial score (nSPS) is 11.3. The number of anilines is 2. The summed E-state index contributed by atoms with van der Waals surface area (Å²) in [6.07, 6.45) is 3.58. The minimum absolute atomic E-state index is 0.410. The van der Waals surface area contributed by atoms with Crippen molar-refractivity contribution in [1.82, 2.24) is 9.55 Å². The number of nitrogens with one attached hydrogen (secondary N) is 2. The predicted molar refractivity (Wildman–Crippen MR) is 73.7 cm³/mol. The molecule has 1 heterocycles. The molecule has 0 saturated carbocycles. The van der Waals surface area contributed by atoms with Crippen LogP contribution < -0.4 is 15.2 Å². The van der Waals surface area contributed by atoms with Crippen LogP contribution >= 0.6 is 0 Å². The molecule has 102 valence electrons. The van der Waals surface area contributed by atoms with Gasteiger partial charge in [-0.15, -0.1) is 0 Å². The Morgan fingerprint density at radius 2 is 2.11 bits per heavy atom. The Balaban J connectivity index is 2.05. The lowest BCUT2D eigenvalue weighted by atomic mass is 10.3. The average Bonchev–Trinajstić information content (AvgIpc) is 2.70. The highest BCUT2D eigenvalue weighted by molar-refractivity contribution is 7.90. The molecule has 0 aliphatic carbocycles. The van der Waals surface area contributed by atoms with Gasteiger partial charge >= 0.3 is 0 Å². The van der Waals surface area contributed by atoms with Crippen molar-refractivity contribution in [2.24, 2.45) is 12.2 Å². The molecule has 2 aromatic rings. The minimum Gasteiger partial charge on any atom is -0.378 e. The van der Waals surface area contributed by atoms with Crippen LogP contribution in [0.25, 0.3) is 0 Å². The first kappa shape index (κ1) is 13.4. The van der Waals surface area contributed by atoms with Crippen LogP contribution in [0.1, 0.15) is 5.82 Å². The number of nitrogens with two attached hydrogens (primary N) is 1. The fraction of sp³-hybridized carbons (Fsp3) is 0.182. The van der Waals surface area contributed by atoms with Gasteiger partial charge in [0.25, 0.3) is 10.2 Å². The molecule has 1 aromatic heterocycles. The lowest BCUT2D eigenvalue weighted by Gasteiger charge is -2.09. The summed E-state index contributed by atoms with van der Waals surface area (Å²) in [4.78, 5) is 4.18. The highest BCUT2D eigenvalue weighted by Gasteiger charge is 2.03. The number of aryl methyl sites for hydroxylation is 1. The zero-order chi connectivity index (χ0) is 13.9. The fourth-order valence-corrected chi connectivity index (χ4v) is 2.06. The molecule has 8 heteroatoms. The zero-order valence-corrected chi connectivity index (χ0v) is 11.2. The van der Waals surface area contributed by atoms with Gasteiger partial charge in [-0.05, 0) is 18.2 Å². The molecule has 4 N–H and O–H groups in total. The van der Waals surface area contributed by atoms with E-state index in [0.717, 1.165) is 11.5 Å². The van der Waals surface area contributed by atoms with E-state index >= 15 is 0 Å². The van der Waals surface area contributed by atoms with Crippen molar-refractivity contribution in [2.45, 2.75) is 6.54 Å². The first-order chi connectivity index (χ1) is 8.94. The quantitative estimate of drug-likeness (QED) is 0.748. The standard InChI is InChI=1S/C11H15N5O2S/c1-16-6-5-13-11(16)8-14-9-3-2-4-10(7-9)15-19(12,17)18/h2-7,14-15H,8H2,1H3,(H2,12,17,18). The number of nitrogens with zero attached hydrogens (tertiary/aromatic N) is 2. The molecule has 0 aliphatic heterocycles. The van der Waals surface area contributed by atoms with Crippen molar-refractivity contribution in [1.29, 1.82) is 0 Å². The fourth-order valence-electron chi connectivity index (χ4n) is 1.60. The van der Waals surface area contributed by atoms with Gasteiger partial charge in [0.15, 0.2) is 0 Å². The minimum atomic E-state index is -3.75. The van der Waals surface area contributed by atoms with Crippen LogP contribution in [0.4, 0.5) is 11.4 Å². The second-order valence-electron chi connectivity index (χ2n) is 4.04. The van der Waals surface area contributed by atoms with E-state index in [1.807, 2.05) is 23.9 Å². The maximum atomic E-state index is 10.9. The number of hydrogen-bond acceptors (Lipinski definition) is 4. The Bertz CT molecular complexity index is 665. The molecule has 0 aliphatic rings. The monoisotopic (exact) mass is 281 g/mol. The van der Waals surface area contributed by atoms with Gasteiger partial charge in [0.2, 0.25) is 0 Å². The average molecular weight is 281 g/mol. The molecule has 0 unspecified atom stereocenters. The van der Waals surface area contributed by atoms with Crippen molar-refractivity contribution in [3.63, 3.8) is 0 Å². The smallest absolute Gasteiger partial charge is 0.296 e. The number of rotatable bonds is 5. The van der Waals surface area contributed by atoms with Crippen LogP contribution in [-0.4, -0.2) is 18.0 Å². The third-order valence-corrected chi connectivity index (χ3v) is 3.01. The van der Waals surface area contributed by atoms with Crippen LogP contribution in [0.3, 0.4) is 0 Å². The molecule has 0 amide bonds. The van der Waals surface area contributed by atoms with Crippen molar-refractivity contribution in [2.75, 3.05) is 10.0 Å². The van der Waals surface area contributed by atoms with Gasteiger partial charge in [0, 0.05) is 25.1 Å². The van der Waals surface area contributed by atoms with Gasteiger partial charge in [0.1, 0.15) is 5.82 Å². The largest absolute Gasteiger partial charge is 0.378 e. The lowest BCUT2D eigenvalue weighted by molar-refractivity contribution is 0.603. The molecule has 0 saturated heterocycles. The van der Waals surface area contributed by atoms with Gasteiger partial charge in [0.05, 0.1) is 12.2 Å². The summed E-state index contributed by atoms with van der Waals surface area (Å²) < 4.78 is 26.0. The SMILES string of the molecule is Cn1ccnc1CNc1cccc(NS(N)(=O)=O)c1. The molecular weight excluding hydrogens is 266 g/mol. The highest BCUT2D eigenvalue weighted by Crippen LogP contribution is 2.16. The lowest BCUT2D eigenvalue weighted by Crippen LogP contribution is -2.21. The third-order valence-electron chi connectivity index (χ3n) is 2.49. The van der Waals surface area contributed by atoms with Crippen LogP contribution in [-0.2, 0) is 23.8 Å². The van der Waals surface area contributed by atoms with Crippen molar-refractivity contribution in [3.05, 3.63) is 42.5 Å². The molecule has 0 fully saturated rings. The van der Waals surface area contributed by atoms with Crippen LogP contribution in [0, 0.1) is 0 Å². The Hall–Kier alpha value is -2.06. The Morgan fingerprint density at radius 3 is 2.74 bits per heavy atom. The molecular formula is C11H15N5O2S. The highest BCUT2D eigenvalue weighted by atomic mass is 32.2. The molecule has 0 radical (unpaired) electrons. The maximum absolute atomic E-state index is 10.9. The topological polar surface area (TPSA) is 102 Å². The van der Waals surface area contributed by atoms with Gasteiger partial charge in [-0.1, -0.05) is 6.07 Å². The van der Waals surface area contributed by atoms with E-state index < -0.39 is 10.2 Å². The predicted octanol–water partition coefficient (Wildman–Crippen LogP) is 0.648. The van der Waals surface area contributed by atoms with E-state index in [1.54, 1.807) is 24.4 Å². The van der Waals surface area contributed by atoms with Gasteiger partial charge in [-0.3, -0.25) is 4.72 Å². The van der Waals surface area contributed by atoms with Gasteiger partial charge in [-0.2, -0.15) is 8.42 Å². The summed E-state index contributed by atoms with van der Waals surface area (Å²) in [6.45, 7) is 0.544. The third kappa shape index (κ3) is 3.97. The molecule has 0 atom stereocenters. The van der Waals surface area contributed by atoms with E-state index in [4.69, 9.17) is 5.14 Å². The summed E-state index contributed by atoms with van der Waals surface area (Å²) in [5, 5.41) is 8.07. The summed E-state index contributed by atoms with van der Waals surface area (Å²) >= 11 is 0. The van der Waals surface area contributed by atoms with Crippen molar-refractivity contribution < 1.29 is 8.42 Å². The zero-order valence-electron chi connectivity index (χ0n) is 10.4. The summed E-state index contributed by atoms with van der Waals surface area (Å²) in [7, 11) is -1.85. The summed E-state index contributed by atoms with van der Waals surface area (Å²) in [6, 6.07) is 6.84. The molecule has 19 heavy (non-hydrogen) atoms. The molecule has 0 bridgehead atoms. The Kier molecular flexibility index (Phi) is 3.72. The molecule has 0 spiro atoms. The van der Waals surface area contributed by atoms with E-state index in [-0.39, 0.29) is 0 Å². The number of imidazole rings is 1. The van der Waals surface area contributed by atoms with E-state index in [9.17, 15) is 8.42 Å². The van der Waals surface area contributed by atoms with E-state index in [1.165, 1.54) is 0 Å². The van der Waals surface area contributed by atoms with Gasteiger partial charge in [-0.25, -0.2) is 10.1 Å². The van der Waals surface area contributed by atoms with Crippen molar-refractivity contribution in [3.8, 4) is 0 Å². The second kappa shape index (κ2) is 5.29. The van der Waals surface area contributed by atoms with Crippen LogP contribution in [0.2, 0.25) is 0 Å².